The number of aromatic nitrogens is 1. The first-order chi connectivity index (χ1) is 7.35. The standard InChI is InChI=1S/C11H14N2O2/c1-14-8-4-2-5-9-11(8)13-10(15-9)6-3-7-12/h2,4-5H,3,6-7,12H2,1H3. The highest BCUT2D eigenvalue weighted by Crippen LogP contribution is 2.25. The number of aryl methyl sites for hydroxylation is 1. The van der Waals surface area contributed by atoms with Crippen molar-refractivity contribution in [2.45, 2.75) is 12.8 Å². The second kappa shape index (κ2) is 4.31. The second-order valence-electron chi connectivity index (χ2n) is 3.31. The lowest BCUT2D eigenvalue weighted by Crippen LogP contribution is -2.00. The molecular weight excluding hydrogens is 192 g/mol. The first-order valence-electron chi connectivity index (χ1n) is 4.97. The highest BCUT2D eigenvalue weighted by Gasteiger charge is 2.09. The number of nitrogens with two attached hydrogens (primary N) is 1. The van der Waals surface area contributed by atoms with Crippen molar-refractivity contribution in [3.05, 3.63) is 24.1 Å². The Morgan fingerprint density at radius 3 is 3.07 bits per heavy atom. The number of ether oxygens (including phenoxy) is 1. The van der Waals surface area contributed by atoms with Crippen molar-refractivity contribution in [3.63, 3.8) is 0 Å². The van der Waals surface area contributed by atoms with E-state index in [1.165, 1.54) is 0 Å². The first-order valence-corrected chi connectivity index (χ1v) is 4.97. The summed E-state index contributed by atoms with van der Waals surface area (Å²) in [6, 6.07) is 5.65. The van der Waals surface area contributed by atoms with Crippen LogP contribution in [0.15, 0.2) is 22.6 Å². The molecule has 2 rings (SSSR count). The lowest BCUT2D eigenvalue weighted by atomic mass is 10.3. The number of fused-ring (bicyclic) bond motifs is 1. The molecule has 4 nitrogen and oxygen atoms in total. The smallest absolute Gasteiger partial charge is 0.195 e. The minimum absolute atomic E-state index is 0.649. The van der Waals surface area contributed by atoms with Gasteiger partial charge in [0.2, 0.25) is 0 Å². The molecule has 0 fully saturated rings. The Morgan fingerprint density at radius 1 is 1.47 bits per heavy atom. The molecule has 0 aliphatic carbocycles. The molecule has 0 saturated carbocycles. The van der Waals surface area contributed by atoms with E-state index in [2.05, 4.69) is 4.98 Å². The third-order valence-electron chi connectivity index (χ3n) is 2.24. The first kappa shape index (κ1) is 9.98. The minimum atomic E-state index is 0.649. The molecule has 1 aromatic carbocycles. The van der Waals surface area contributed by atoms with Crippen LogP contribution in [0.3, 0.4) is 0 Å². The van der Waals surface area contributed by atoms with Crippen LogP contribution in [0.1, 0.15) is 12.3 Å². The lowest BCUT2D eigenvalue weighted by Gasteiger charge is -1.96. The van der Waals surface area contributed by atoms with Crippen molar-refractivity contribution in [2.75, 3.05) is 13.7 Å². The van der Waals surface area contributed by atoms with Crippen molar-refractivity contribution in [1.29, 1.82) is 0 Å². The van der Waals surface area contributed by atoms with Crippen molar-refractivity contribution in [3.8, 4) is 5.75 Å². The van der Waals surface area contributed by atoms with Gasteiger partial charge in [0, 0.05) is 6.42 Å². The average molecular weight is 206 g/mol. The molecule has 0 saturated heterocycles. The Hall–Kier alpha value is -1.55. The number of hydrogen-bond donors (Lipinski definition) is 1. The second-order valence-corrected chi connectivity index (χ2v) is 3.31. The summed E-state index contributed by atoms with van der Waals surface area (Å²) in [6.07, 6.45) is 1.66. The maximum atomic E-state index is 5.57. The van der Waals surface area contributed by atoms with Crippen LogP contribution >= 0.6 is 0 Å². The topological polar surface area (TPSA) is 61.3 Å². The van der Waals surface area contributed by atoms with Gasteiger partial charge in [-0.25, -0.2) is 4.98 Å². The predicted molar refractivity (Wildman–Crippen MR) is 57.9 cm³/mol. The summed E-state index contributed by atoms with van der Waals surface area (Å²) in [7, 11) is 1.63. The third-order valence-corrected chi connectivity index (χ3v) is 2.24. The Labute approximate surface area is 88.0 Å². The van der Waals surface area contributed by atoms with Gasteiger partial charge in [-0.15, -0.1) is 0 Å². The lowest BCUT2D eigenvalue weighted by molar-refractivity contribution is 0.419. The Morgan fingerprint density at radius 2 is 2.33 bits per heavy atom. The Balaban J connectivity index is 2.37. The highest BCUT2D eigenvalue weighted by molar-refractivity contribution is 5.79. The molecule has 2 N–H and O–H groups in total. The molecule has 0 bridgehead atoms. The molecule has 4 heteroatoms. The van der Waals surface area contributed by atoms with Crippen LogP contribution in [-0.4, -0.2) is 18.6 Å². The average Bonchev–Trinajstić information content (AvgIpc) is 2.68. The molecule has 0 amide bonds. The predicted octanol–water partition coefficient (Wildman–Crippen LogP) is 1.73. The monoisotopic (exact) mass is 206 g/mol. The highest BCUT2D eigenvalue weighted by atomic mass is 16.5. The van der Waals surface area contributed by atoms with Crippen molar-refractivity contribution < 1.29 is 9.15 Å². The van der Waals surface area contributed by atoms with Gasteiger partial charge in [0.05, 0.1) is 7.11 Å². The Kier molecular flexibility index (Phi) is 2.87. The molecule has 2 aromatic rings. The van der Waals surface area contributed by atoms with Crippen LogP contribution in [0.4, 0.5) is 0 Å². The van der Waals surface area contributed by atoms with Crippen LogP contribution in [0, 0.1) is 0 Å². The SMILES string of the molecule is COc1cccc2oc(CCCN)nc12. The van der Waals surface area contributed by atoms with Crippen molar-refractivity contribution >= 4 is 11.1 Å². The molecule has 0 radical (unpaired) electrons. The Bertz CT molecular complexity index is 451. The fourth-order valence-corrected chi connectivity index (χ4v) is 1.49. The molecule has 0 unspecified atom stereocenters. The number of oxazole rings is 1. The van der Waals surface area contributed by atoms with Crippen LogP contribution in [0.2, 0.25) is 0 Å². The zero-order chi connectivity index (χ0) is 10.7. The van der Waals surface area contributed by atoms with Gasteiger partial charge in [0.1, 0.15) is 5.75 Å². The number of rotatable bonds is 4. The van der Waals surface area contributed by atoms with Gasteiger partial charge in [-0.2, -0.15) is 0 Å². The van der Waals surface area contributed by atoms with E-state index in [1.807, 2.05) is 18.2 Å². The summed E-state index contributed by atoms with van der Waals surface area (Å²) in [5.41, 5.74) is 6.98. The summed E-state index contributed by atoms with van der Waals surface area (Å²) in [6.45, 7) is 0.649. The minimum Gasteiger partial charge on any atom is -0.494 e. The van der Waals surface area contributed by atoms with E-state index < -0.39 is 0 Å². The van der Waals surface area contributed by atoms with Gasteiger partial charge >= 0.3 is 0 Å². The van der Waals surface area contributed by atoms with E-state index in [0.29, 0.717) is 6.54 Å². The summed E-state index contributed by atoms with van der Waals surface area (Å²) in [5.74, 6) is 1.47. The van der Waals surface area contributed by atoms with E-state index in [9.17, 15) is 0 Å². The van der Waals surface area contributed by atoms with Gasteiger partial charge in [-0.1, -0.05) is 6.07 Å². The van der Waals surface area contributed by atoms with Gasteiger partial charge in [0.15, 0.2) is 17.0 Å². The fourth-order valence-electron chi connectivity index (χ4n) is 1.49. The van der Waals surface area contributed by atoms with Crippen LogP contribution < -0.4 is 10.5 Å². The molecular formula is C11H14N2O2. The number of para-hydroxylation sites is 1. The number of benzene rings is 1. The van der Waals surface area contributed by atoms with Crippen LogP contribution in [0.5, 0.6) is 5.75 Å². The zero-order valence-electron chi connectivity index (χ0n) is 8.69. The molecule has 0 spiro atoms. The van der Waals surface area contributed by atoms with Gasteiger partial charge in [-0.3, -0.25) is 0 Å². The van der Waals surface area contributed by atoms with Gasteiger partial charge in [0.25, 0.3) is 0 Å². The van der Waals surface area contributed by atoms with Crippen molar-refractivity contribution in [2.24, 2.45) is 5.73 Å². The largest absolute Gasteiger partial charge is 0.494 e. The van der Waals surface area contributed by atoms with Gasteiger partial charge < -0.3 is 14.9 Å². The van der Waals surface area contributed by atoms with E-state index in [1.54, 1.807) is 7.11 Å². The molecule has 1 heterocycles. The molecule has 0 atom stereocenters. The summed E-state index contributed by atoms with van der Waals surface area (Å²) < 4.78 is 10.8. The normalized spacial score (nSPS) is 10.8. The summed E-state index contributed by atoms with van der Waals surface area (Å²) >= 11 is 0. The van der Waals surface area contributed by atoms with Crippen LogP contribution in [-0.2, 0) is 6.42 Å². The quantitative estimate of drug-likeness (QED) is 0.827. The molecule has 0 aliphatic rings. The molecule has 0 aliphatic heterocycles. The molecule has 80 valence electrons. The summed E-state index contributed by atoms with van der Waals surface area (Å²) in [4.78, 5) is 4.37. The van der Waals surface area contributed by atoms with Crippen LogP contribution in [0.25, 0.3) is 11.1 Å². The number of hydrogen-bond acceptors (Lipinski definition) is 4. The van der Waals surface area contributed by atoms with Crippen molar-refractivity contribution in [1.82, 2.24) is 4.98 Å². The maximum Gasteiger partial charge on any atom is 0.195 e. The molecule has 1 aromatic heterocycles. The van der Waals surface area contributed by atoms with Gasteiger partial charge in [-0.05, 0) is 25.1 Å². The fraction of sp³-hybridized carbons (Fsp3) is 0.364. The zero-order valence-corrected chi connectivity index (χ0v) is 8.69. The van der Waals surface area contributed by atoms with E-state index >= 15 is 0 Å². The maximum absolute atomic E-state index is 5.57. The number of nitrogens with zero attached hydrogens (tertiary/aromatic N) is 1. The number of methoxy groups -OCH3 is 1. The molecule has 15 heavy (non-hydrogen) atoms. The third kappa shape index (κ3) is 1.94. The van der Waals surface area contributed by atoms with E-state index in [0.717, 1.165) is 35.6 Å². The van der Waals surface area contributed by atoms with E-state index in [4.69, 9.17) is 14.9 Å². The van der Waals surface area contributed by atoms with E-state index in [-0.39, 0.29) is 0 Å². The summed E-state index contributed by atoms with van der Waals surface area (Å²) in [5, 5.41) is 0.